The summed E-state index contributed by atoms with van der Waals surface area (Å²) in [5, 5.41) is 4.27. The van der Waals surface area contributed by atoms with E-state index in [0.717, 1.165) is 17.8 Å². The number of thioether (sulfide) groups is 1. The highest BCUT2D eigenvalue weighted by atomic mass is 32.2. The van der Waals surface area contributed by atoms with Crippen LogP contribution in [0, 0.1) is 0 Å². The third kappa shape index (κ3) is 4.21. The van der Waals surface area contributed by atoms with E-state index in [9.17, 15) is 14.4 Å². The quantitative estimate of drug-likeness (QED) is 0.493. The number of benzene rings is 1. The highest BCUT2D eigenvalue weighted by molar-refractivity contribution is 8.19. The number of anilines is 1. The molecular weight excluding hydrogens is 368 g/mol. The van der Waals surface area contributed by atoms with E-state index in [4.69, 9.17) is 0 Å². The maximum atomic E-state index is 12.7. The van der Waals surface area contributed by atoms with Gasteiger partial charge < -0.3 is 4.74 Å². The van der Waals surface area contributed by atoms with Crippen LogP contribution in [0.25, 0.3) is 0 Å². The van der Waals surface area contributed by atoms with Crippen molar-refractivity contribution in [2.45, 2.75) is 0 Å². The lowest BCUT2D eigenvalue weighted by molar-refractivity contribution is -0.135. The summed E-state index contributed by atoms with van der Waals surface area (Å²) in [6, 6.07) is 11.9. The second-order valence-electron chi connectivity index (χ2n) is 5.18. The molecule has 0 spiro atoms. The number of rotatable bonds is 4. The van der Waals surface area contributed by atoms with Crippen molar-refractivity contribution >= 4 is 40.4 Å². The number of aromatic nitrogens is 1. The van der Waals surface area contributed by atoms with Gasteiger partial charge >= 0.3 is 5.97 Å². The highest BCUT2D eigenvalue weighted by Crippen LogP contribution is 2.34. The molecule has 2 aromatic rings. The van der Waals surface area contributed by atoms with Gasteiger partial charge in [0.2, 0.25) is 0 Å². The van der Waals surface area contributed by atoms with Gasteiger partial charge in [-0.3, -0.25) is 19.5 Å². The number of hydrogen-bond acceptors (Lipinski definition) is 7. The van der Waals surface area contributed by atoms with E-state index in [1.807, 2.05) is 6.07 Å². The molecule has 0 aliphatic carbocycles. The number of carbonyl (C=O) groups excluding carboxylic acids is 3. The Bertz CT molecular complexity index is 929. The van der Waals surface area contributed by atoms with Crippen molar-refractivity contribution in [1.29, 1.82) is 0 Å². The second kappa shape index (κ2) is 8.28. The van der Waals surface area contributed by atoms with E-state index in [1.165, 1.54) is 24.4 Å². The summed E-state index contributed by atoms with van der Waals surface area (Å²) in [5.74, 6) is -1.54. The van der Waals surface area contributed by atoms with Gasteiger partial charge in [-0.2, -0.15) is 0 Å². The van der Waals surface area contributed by atoms with Crippen LogP contribution >= 0.6 is 11.8 Å². The van der Waals surface area contributed by atoms with Crippen LogP contribution in [0.5, 0.6) is 0 Å². The summed E-state index contributed by atoms with van der Waals surface area (Å²) in [6.07, 6.45) is 4.07. The average molecular weight is 382 g/mol. The third-order valence-corrected chi connectivity index (χ3v) is 4.44. The number of methoxy groups -OCH3 is 1. The number of hydrogen-bond donors (Lipinski definition) is 1. The first-order chi connectivity index (χ1) is 13.1. The van der Waals surface area contributed by atoms with Gasteiger partial charge in [-0.1, -0.05) is 18.2 Å². The molecule has 0 unspecified atom stereocenters. The highest BCUT2D eigenvalue weighted by Gasteiger charge is 2.35. The topological polar surface area (TPSA) is 101 Å². The van der Waals surface area contributed by atoms with Crippen LogP contribution in [-0.2, 0) is 14.3 Å². The van der Waals surface area contributed by atoms with Crippen molar-refractivity contribution < 1.29 is 19.1 Å². The van der Waals surface area contributed by atoms with Gasteiger partial charge in [0.1, 0.15) is 0 Å². The summed E-state index contributed by atoms with van der Waals surface area (Å²) in [4.78, 5) is 41.7. The van der Waals surface area contributed by atoms with Gasteiger partial charge in [-0.05, 0) is 36.0 Å². The van der Waals surface area contributed by atoms with Gasteiger partial charge in [-0.25, -0.2) is 10.2 Å². The molecule has 9 heteroatoms. The van der Waals surface area contributed by atoms with Crippen LogP contribution < -0.4 is 10.3 Å². The molecule has 3 rings (SSSR count). The molecule has 27 heavy (non-hydrogen) atoms. The van der Waals surface area contributed by atoms with Crippen LogP contribution in [0.2, 0.25) is 0 Å². The number of esters is 1. The lowest BCUT2D eigenvalue weighted by atomic mass is 10.3. The maximum Gasteiger partial charge on any atom is 0.331 e. The summed E-state index contributed by atoms with van der Waals surface area (Å²) >= 11 is 0.962. The van der Waals surface area contributed by atoms with Crippen molar-refractivity contribution in [3.63, 3.8) is 0 Å². The van der Waals surface area contributed by atoms with E-state index in [-0.39, 0.29) is 10.1 Å². The van der Waals surface area contributed by atoms with Crippen molar-refractivity contribution in [2.75, 3.05) is 12.0 Å². The Hall–Kier alpha value is -3.46. The fraction of sp³-hybridized carbons (Fsp3) is 0.0556. The first-order valence-corrected chi connectivity index (χ1v) is 8.57. The van der Waals surface area contributed by atoms with E-state index in [2.05, 4.69) is 20.2 Å². The average Bonchev–Trinajstić information content (AvgIpc) is 3.02. The summed E-state index contributed by atoms with van der Waals surface area (Å²) < 4.78 is 4.58. The number of para-hydroxylation sites is 1. The largest absolute Gasteiger partial charge is 0.466 e. The molecule has 1 aromatic heterocycles. The van der Waals surface area contributed by atoms with E-state index >= 15 is 0 Å². The molecule has 1 aromatic carbocycles. The molecule has 0 bridgehead atoms. The molecule has 1 aliphatic rings. The fourth-order valence-corrected chi connectivity index (χ4v) is 3.09. The normalized spacial score (nSPS) is 16.6. The molecule has 1 N–H and O–H groups in total. The molecule has 1 saturated heterocycles. The molecular formula is C18H14N4O4S. The first kappa shape index (κ1) is 18.3. The van der Waals surface area contributed by atoms with E-state index in [0.29, 0.717) is 11.3 Å². The Labute approximate surface area is 158 Å². The van der Waals surface area contributed by atoms with Gasteiger partial charge in [0.25, 0.3) is 11.8 Å². The predicted octanol–water partition coefficient (Wildman–Crippen LogP) is 1.92. The number of carbonyl (C=O) groups is 3. The smallest absolute Gasteiger partial charge is 0.331 e. The molecule has 2 amide bonds. The van der Waals surface area contributed by atoms with E-state index < -0.39 is 17.8 Å². The number of ether oxygens (including phenoxy) is 1. The predicted molar refractivity (Wildman–Crippen MR) is 101 cm³/mol. The second-order valence-corrected chi connectivity index (χ2v) is 6.19. The van der Waals surface area contributed by atoms with Gasteiger partial charge in [-0.15, -0.1) is 5.10 Å². The summed E-state index contributed by atoms with van der Waals surface area (Å²) in [7, 11) is 1.22. The van der Waals surface area contributed by atoms with Crippen LogP contribution in [-0.4, -0.2) is 35.0 Å². The van der Waals surface area contributed by atoms with E-state index in [1.54, 1.807) is 36.4 Å². The molecule has 136 valence electrons. The van der Waals surface area contributed by atoms with Crippen molar-refractivity contribution in [1.82, 2.24) is 10.4 Å². The standard InChI is InChI=1S/C18H14N4O4S/c1-26-15(23)11-14-17(25)22(13-5-3-2-4-6-13)18(27-14)21-20-16(24)12-7-9-19-10-8-12/h2-11H,1H3,(H,20,24)/b14-11-,21-18+. The van der Waals surface area contributed by atoms with Crippen molar-refractivity contribution in [3.05, 3.63) is 71.4 Å². The first-order valence-electron chi connectivity index (χ1n) is 7.75. The van der Waals surface area contributed by atoms with Crippen molar-refractivity contribution in [3.8, 4) is 0 Å². The Morgan fingerprint density at radius 2 is 1.89 bits per heavy atom. The lowest BCUT2D eigenvalue weighted by Crippen LogP contribution is -2.31. The number of pyridine rings is 1. The number of nitrogens with zero attached hydrogens (tertiary/aromatic N) is 3. The SMILES string of the molecule is COC(=O)/C=C1\S/C(=N/NC(=O)c2ccncc2)N(c2ccccc2)C1=O. The minimum Gasteiger partial charge on any atom is -0.466 e. The minimum absolute atomic E-state index is 0.141. The zero-order valence-corrected chi connectivity index (χ0v) is 15.0. The molecule has 1 aliphatic heterocycles. The van der Waals surface area contributed by atoms with Crippen LogP contribution in [0.4, 0.5) is 5.69 Å². The van der Waals surface area contributed by atoms with Gasteiger partial charge in [0, 0.05) is 24.0 Å². The number of amides is 2. The Kier molecular flexibility index (Phi) is 5.62. The molecule has 0 saturated carbocycles. The van der Waals surface area contributed by atoms with Crippen LogP contribution in [0.3, 0.4) is 0 Å². The number of hydrazone groups is 1. The summed E-state index contributed by atoms with van der Waals surface area (Å²) in [6.45, 7) is 0. The van der Waals surface area contributed by atoms with Crippen molar-refractivity contribution in [2.24, 2.45) is 5.10 Å². The molecule has 8 nitrogen and oxygen atoms in total. The molecule has 1 fully saturated rings. The van der Waals surface area contributed by atoms with Gasteiger partial charge in [0.05, 0.1) is 17.7 Å². The zero-order chi connectivity index (χ0) is 19.2. The Morgan fingerprint density at radius 3 is 2.56 bits per heavy atom. The van der Waals surface area contributed by atoms with Crippen LogP contribution in [0.15, 0.2) is 70.9 Å². The van der Waals surface area contributed by atoms with Gasteiger partial charge in [0.15, 0.2) is 5.17 Å². The molecule has 0 radical (unpaired) electrons. The van der Waals surface area contributed by atoms with Crippen LogP contribution in [0.1, 0.15) is 10.4 Å². The lowest BCUT2D eigenvalue weighted by Gasteiger charge is -2.15. The summed E-state index contributed by atoms with van der Waals surface area (Å²) in [5.41, 5.74) is 3.34. The Morgan fingerprint density at radius 1 is 1.19 bits per heavy atom. The Balaban J connectivity index is 1.90. The number of nitrogens with one attached hydrogen (secondary N) is 1. The fourth-order valence-electron chi connectivity index (χ4n) is 2.19. The molecule has 0 atom stereocenters. The minimum atomic E-state index is -0.652. The monoisotopic (exact) mass is 382 g/mol. The maximum absolute atomic E-state index is 12.7. The third-order valence-electron chi connectivity index (χ3n) is 3.47. The zero-order valence-electron chi connectivity index (χ0n) is 14.2. The molecule has 2 heterocycles. The number of amidine groups is 1.